The first kappa shape index (κ1) is 25.4. The zero-order valence-corrected chi connectivity index (χ0v) is 18.3. The summed E-state index contributed by atoms with van der Waals surface area (Å²) in [5, 5.41) is 0. The van der Waals surface area contributed by atoms with Gasteiger partial charge in [-0.3, -0.25) is 0 Å². The van der Waals surface area contributed by atoms with Gasteiger partial charge in [0.1, 0.15) is 0 Å². The van der Waals surface area contributed by atoms with Crippen LogP contribution in [0.5, 0.6) is 0 Å². The van der Waals surface area contributed by atoms with E-state index in [2.05, 4.69) is 62.3 Å². The van der Waals surface area contributed by atoms with E-state index in [9.17, 15) is 0 Å². The zero-order chi connectivity index (χ0) is 13.8. The normalized spacial score (nSPS) is 15.2. The van der Waals surface area contributed by atoms with Gasteiger partial charge in [0.15, 0.2) is 8.32 Å². The van der Waals surface area contributed by atoms with Gasteiger partial charge in [0.05, 0.1) is 0 Å². The minimum atomic E-state index is -1.66. The molecule has 0 bridgehead atoms. The van der Waals surface area contributed by atoms with Crippen molar-refractivity contribution >= 4 is 31.4 Å². The van der Waals surface area contributed by atoms with Crippen molar-refractivity contribution in [3.05, 3.63) is 6.92 Å². The SMILES string of the molecule is [Br-].[CH2-][C@H](C)[C@@H](C)CO[Si](C(C)C)(C(C)C)C(C)C.[Mg+2]. The van der Waals surface area contributed by atoms with Crippen LogP contribution in [0.4, 0.5) is 0 Å². The van der Waals surface area contributed by atoms with Gasteiger partial charge in [0.2, 0.25) is 0 Å². The Kier molecular flexibility index (Phi) is 14.8. The molecule has 0 aromatic heterocycles. The molecule has 0 aliphatic rings. The molecule has 0 heterocycles. The van der Waals surface area contributed by atoms with Crippen LogP contribution in [-0.4, -0.2) is 38.0 Å². The van der Waals surface area contributed by atoms with Crippen LogP contribution in [0.2, 0.25) is 16.6 Å². The minimum absolute atomic E-state index is 0. The second kappa shape index (κ2) is 11.1. The molecule has 0 saturated carbocycles. The first-order valence-electron chi connectivity index (χ1n) is 7.13. The topological polar surface area (TPSA) is 9.23 Å². The molecule has 0 fully saturated rings. The third-order valence-electron chi connectivity index (χ3n) is 4.27. The molecule has 4 heteroatoms. The largest absolute Gasteiger partial charge is 2.00 e. The van der Waals surface area contributed by atoms with E-state index in [0.717, 1.165) is 6.61 Å². The Morgan fingerprint density at radius 3 is 1.37 bits per heavy atom. The molecule has 112 valence electrons. The minimum Gasteiger partial charge on any atom is -1.00 e. The summed E-state index contributed by atoms with van der Waals surface area (Å²) >= 11 is 0. The van der Waals surface area contributed by atoms with Crippen LogP contribution in [-0.2, 0) is 4.43 Å². The fourth-order valence-electron chi connectivity index (χ4n) is 2.94. The molecule has 0 spiro atoms. The monoisotopic (exact) mass is 360 g/mol. The van der Waals surface area contributed by atoms with Gasteiger partial charge in [-0.05, 0) is 22.5 Å². The average Bonchev–Trinajstić information content (AvgIpc) is 2.16. The molecule has 0 amide bonds. The predicted molar refractivity (Wildman–Crippen MR) is 86.4 cm³/mol. The first-order valence-corrected chi connectivity index (χ1v) is 9.27. The molecular weight excluding hydrogens is 328 g/mol. The second-order valence-corrected chi connectivity index (χ2v) is 12.0. The number of halogens is 1. The third-order valence-corrected chi connectivity index (χ3v) is 10.4. The summed E-state index contributed by atoms with van der Waals surface area (Å²) in [4.78, 5) is 0. The molecule has 0 aliphatic carbocycles. The van der Waals surface area contributed by atoms with Crippen molar-refractivity contribution in [2.24, 2.45) is 11.8 Å². The average molecular weight is 362 g/mol. The van der Waals surface area contributed by atoms with E-state index in [0.29, 0.717) is 28.5 Å². The van der Waals surface area contributed by atoms with Crippen LogP contribution < -0.4 is 17.0 Å². The van der Waals surface area contributed by atoms with E-state index in [1.54, 1.807) is 0 Å². The summed E-state index contributed by atoms with van der Waals surface area (Å²) in [6.07, 6.45) is 0. The van der Waals surface area contributed by atoms with E-state index in [1.807, 2.05) is 0 Å². The first-order chi connectivity index (χ1) is 7.66. The van der Waals surface area contributed by atoms with Crippen LogP contribution in [0.15, 0.2) is 0 Å². The number of hydrogen-bond acceptors (Lipinski definition) is 1. The maximum atomic E-state index is 6.54. The summed E-state index contributed by atoms with van der Waals surface area (Å²) in [6.45, 7) is 23.4. The molecule has 0 aromatic carbocycles. The van der Waals surface area contributed by atoms with E-state index in [4.69, 9.17) is 4.43 Å². The summed E-state index contributed by atoms with van der Waals surface area (Å²) in [7, 11) is -1.66. The maximum absolute atomic E-state index is 6.54. The summed E-state index contributed by atoms with van der Waals surface area (Å²) in [6, 6.07) is 0. The third kappa shape index (κ3) is 6.81. The molecule has 0 N–H and O–H groups in total. The summed E-state index contributed by atoms with van der Waals surface area (Å²) in [5.41, 5.74) is 2.03. The van der Waals surface area contributed by atoms with Crippen molar-refractivity contribution in [3.8, 4) is 0 Å². The van der Waals surface area contributed by atoms with E-state index >= 15 is 0 Å². The van der Waals surface area contributed by atoms with Crippen LogP contribution in [0.25, 0.3) is 0 Å². The van der Waals surface area contributed by atoms with E-state index < -0.39 is 8.32 Å². The zero-order valence-electron chi connectivity index (χ0n) is 14.3. The Balaban J connectivity index is -0.00000128. The Morgan fingerprint density at radius 2 is 1.16 bits per heavy atom. The molecule has 0 radical (unpaired) electrons. The van der Waals surface area contributed by atoms with Crippen LogP contribution in [0, 0.1) is 18.8 Å². The van der Waals surface area contributed by atoms with Gasteiger partial charge >= 0.3 is 23.1 Å². The van der Waals surface area contributed by atoms with Gasteiger partial charge in [-0.15, -0.1) is 0 Å². The molecular formula is C15H33BrMgOSi. The Morgan fingerprint density at radius 1 is 0.842 bits per heavy atom. The van der Waals surface area contributed by atoms with Crippen LogP contribution in [0.3, 0.4) is 0 Å². The molecule has 0 aromatic rings. The van der Waals surface area contributed by atoms with E-state index in [-0.39, 0.29) is 40.0 Å². The van der Waals surface area contributed by atoms with Crippen molar-refractivity contribution in [2.75, 3.05) is 6.61 Å². The van der Waals surface area contributed by atoms with Gasteiger partial charge in [-0.1, -0.05) is 55.4 Å². The van der Waals surface area contributed by atoms with Crippen molar-refractivity contribution in [2.45, 2.75) is 72.0 Å². The van der Waals surface area contributed by atoms with Crippen molar-refractivity contribution in [3.63, 3.8) is 0 Å². The summed E-state index contributed by atoms with van der Waals surface area (Å²) < 4.78 is 6.54. The van der Waals surface area contributed by atoms with Crippen LogP contribution in [0.1, 0.15) is 55.4 Å². The molecule has 0 unspecified atom stereocenters. The smallest absolute Gasteiger partial charge is 1.00 e. The Hall–Kier alpha value is 1.42. The molecule has 1 nitrogen and oxygen atoms in total. The van der Waals surface area contributed by atoms with Gasteiger partial charge in [-0.25, -0.2) is 0 Å². The fraction of sp³-hybridized carbons (Fsp3) is 0.933. The second-order valence-electron chi connectivity index (χ2n) is 6.58. The Bertz CT molecular complexity index is 198. The Labute approximate surface area is 149 Å². The predicted octanol–water partition coefficient (Wildman–Crippen LogP) is 1.91. The van der Waals surface area contributed by atoms with Crippen molar-refractivity contribution in [1.29, 1.82) is 0 Å². The van der Waals surface area contributed by atoms with Crippen molar-refractivity contribution < 1.29 is 21.4 Å². The van der Waals surface area contributed by atoms with Crippen LogP contribution >= 0.6 is 0 Å². The molecule has 0 rings (SSSR count). The molecule has 2 atom stereocenters. The molecule has 19 heavy (non-hydrogen) atoms. The number of rotatable bonds is 7. The van der Waals surface area contributed by atoms with Crippen molar-refractivity contribution in [1.82, 2.24) is 0 Å². The van der Waals surface area contributed by atoms with Gasteiger partial charge in [-0.2, -0.15) is 5.92 Å². The van der Waals surface area contributed by atoms with Gasteiger partial charge in [0.25, 0.3) is 0 Å². The quantitative estimate of drug-likeness (QED) is 0.497. The standard InChI is InChI=1S/C15H33OSi.BrH.Mg/c1-11(2)15(9)10-16-17(12(3)4,13(5)6)14(7)8;;/h11-15H,1,10H2,2-9H3;1H;/q-1;;+2/p-1/t11-,15+;;/m1../s1. The fourth-order valence-corrected chi connectivity index (χ4v) is 8.49. The van der Waals surface area contributed by atoms with Gasteiger partial charge in [0, 0.05) is 6.61 Å². The summed E-state index contributed by atoms with van der Waals surface area (Å²) in [5.74, 6) is 1.02. The molecule has 0 saturated heterocycles. The maximum Gasteiger partial charge on any atom is 2.00 e. The van der Waals surface area contributed by atoms with Gasteiger partial charge < -0.3 is 28.3 Å². The van der Waals surface area contributed by atoms with E-state index in [1.165, 1.54) is 0 Å². The number of hydrogen-bond donors (Lipinski definition) is 0. The molecule has 0 aliphatic heterocycles.